The molecule has 5 rings (SSSR count). The number of likely N-dealkylation sites (tertiary alicyclic amines) is 1. The second-order valence-corrected chi connectivity index (χ2v) is 11.4. The molecule has 2 atom stereocenters. The molecule has 9 heteroatoms. The minimum absolute atomic E-state index is 0.0448. The lowest BCUT2D eigenvalue weighted by atomic mass is 10.1. The van der Waals surface area contributed by atoms with Crippen LogP contribution in [0.1, 0.15) is 44.0 Å². The molecule has 2 unspecified atom stereocenters. The van der Waals surface area contributed by atoms with Gasteiger partial charge in [0, 0.05) is 38.3 Å². The number of carbonyl (C=O) groups excluding carboxylic acids is 3. The Morgan fingerprint density at radius 3 is 2.62 bits per heavy atom. The lowest BCUT2D eigenvalue weighted by Crippen LogP contribution is -2.48. The Morgan fingerprint density at radius 2 is 1.88 bits per heavy atom. The maximum absolute atomic E-state index is 13.9. The van der Waals surface area contributed by atoms with Crippen molar-refractivity contribution in [2.75, 3.05) is 39.8 Å². The van der Waals surface area contributed by atoms with Gasteiger partial charge in [-0.2, -0.15) is 0 Å². The fourth-order valence-corrected chi connectivity index (χ4v) is 6.19. The molecule has 0 saturated carbocycles. The van der Waals surface area contributed by atoms with Crippen LogP contribution in [0, 0.1) is 6.92 Å². The summed E-state index contributed by atoms with van der Waals surface area (Å²) in [5, 5.41) is 5.23. The minimum Gasteiger partial charge on any atom is -0.497 e. The van der Waals surface area contributed by atoms with Crippen molar-refractivity contribution in [2.45, 2.75) is 38.4 Å². The SMILES string of the molecule is COc1cccc(CN(C(=O)c2cccs2)C2CC(C(=O)N3CCCNCC3)N(C(=O)c3ccc(C)cc3)C2)c1. The van der Waals surface area contributed by atoms with Crippen LogP contribution in [0.4, 0.5) is 0 Å². The van der Waals surface area contributed by atoms with E-state index < -0.39 is 6.04 Å². The minimum atomic E-state index is -0.638. The van der Waals surface area contributed by atoms with Gasteiger partial charge in [-0.15, -0.1) is 11.3 Å². The van der Waals surface area contributed by atoms with Crippen LogP contribution in [0.3, 0.4) is 0 Å². The number of carbonyl (C=O) groups is 3. The van der Waals surface area contributed by atoms with Gasteiger partial charge in [0.1, 0.15) is 11.8 Å². The fourth-order valence-electron chi connectivity index (χ4n) is 5.51. The number of ether oxygens (including phenoxy) is 1. The molecule has 3 aromatic rings. The van der Waals surface area contributed by atoms with E-state index in [1.165, 1.54) is 11.3 Å². The molecular weight excluding hydrogens is 524 g/mol. The molecule has 1 aromatic heterocycles. The topological polar surface area (TPSA) is 82.2 Å². The van der Waals surface area contributed by atoms with Gasteiger partial charge in [0.15, 0.2) is 0 Å². The summed E-state index contributed by atoms with van der Waals surface area (Å²) in [6, 6.07) is 17.8. The summed E-state index contributed by atoms with van der Waals surface area (Å²) in [6.07, 6.45) is 1.26. The first kappa shape index (κ1) is 27.9. The number of nitrogens with one attached hydrogen (secondary N) is 1. The first-order chi connectivity index (χ1) is 19.4. The number of aryl methyl sites for hydroxylation is 1. The van der Waals surface area contributed by atoms with E-state index in [4.69, 9.17) is 4.74 Å². The van der Waals surface area contributed by atoms with E-state index in [2.05, 4.69) is 5.32 Å². The Kier molecular flexibility index (Phi) is 8.81. The normalized spacial score (nSPS) is 19.2. The highest BCUT2D eigenvalue weighted by Gasteiger charge is 2.44. The number of methoxy groups -OCH3 is 1. The standard InChI is InChI=1S/C31H36N4O4S/c1-22-9-11-24(12-10-22)29(36)35-21-25(19-27(35)30(37)33-15-5-13-32-14-16-33)34(31(38)28-8-4-17-40-28)20-23-6-3-7-26(18-23)39-2/h3-4,6-12,17-18,25,27,32H,5,13-16,19-21H2,1-2H3. The van der Waals surface area contributed by atoms with Crippen molar-refractivity contribution < 1.29 is 19.1 Å². The monoisotopic (exact) mass is 560 g/mol. The zero-order valence-corrected chi connectivity index (χ0v) is 23.9. The van der Waals surface area contributed by atoms with Gasteiger partial charge in [-0.1, -0.05) is 35.9 Å². The van der Waals surface area contributed by atoms with Crippen molar-refractivity contribution in [1.29, 1.82) is 0 Å². The summed E-state index contributed by atoms with van der Waals surface area (Å²) in [7, 11) is 1.62. The van der Waals surface area contributed by atoms with Crippen molar-refractivity contribution in [3.8, 4) is 5.75 Å². The second-order valence-electron chi connectivity index (χ2n) is 10.4. The molecular formula is C31H36N4O4S. The number of hydrogen-bond acceptors (Lipinski definition) is 6. The Labute approximate surface area is 239 Å². The highest BCUT2D eigenvalue weighted by atomic mass is 32.1. The van der Waals surface area contributed by atoms with E-state index in [0.717, 1.165) is 30.6 Å². The highest BCUT2D eigenvalue weighted by Crippen LogP contribution is 2.30. The largest absolute Gasteiger partial charge is 0.497 e. The fraction of sp³-hybridized carbons (Fsp3) is 0.387. The summed E-state index contributed by atoms with van der Waals surface area (Å²) in [5.74, 6) is 0.388. The molecule has 1 N–H and O–H groups in total. The zero-order valence-electron chi connectivity index (χ0n) is 23.0. The van der Waals surface area contributed by atoms with Crippen LogP contribution < -0.4 is 10.1 Å². The average Bonchev–Trinajstić information content (AvgIpc) is 3.60. The maximum atomic E-state index is 13.9. The summed E-state index contributed by atoms with van der Waals surface area (Å²) in [4.78, 5) is 47.7. The van der Waals surface area contributed by atoms with Gasteiger partial charge in [0.05, 0.1) is 18.0 Å². The molecule has 0 spiro atoms. The Hall–Kier alpha value is -3.69. The Balaban J connectivity index is 1.48. The predicted molar refractivity (Wildman–Crippen MR) is 156 cm³/mol. The number of thiophene rings is 1. The number of nitrogens with zero attached hydrogens (tertiary/aromatic N) is 3. The smallest absolute Gasteiger partial charge is 0.264 e. The summed E-state index contributed by atoms with van der Waals surface area (Å²) < 4.78 is 5.42. The second kappa shape index (κ2) is 12.7. The van der Waals surface area contributed by atoms with Crippen LogP contribution in [0.25, 0.3) is 0 Å². The molecule has 2 fully saturated rings. The van der Waals surface area contributed by atoms with E-state index >= 15 is 0 Å². The average molecular weight is 561 g/mol. The van der Waals surface area contributed by atoms with Gasteiger partial charge < -0.3 is 24.8 Å². The lowest BCUT2D eigenvalue weighted by Gasteiger charge is -2.29. The van der Waals surface area contributed by atoms with E-state index in [9.17, 15) is 14.4 Å². The molecule has 2 aromatic carbocycles. The third kappa shape index (κ3) is 6.21. The van der Waals surface area contributed by atoms with E-state index in [-0.39, 0.29) is 30.3 Å². The maximum Gasteiger partial charge on any atom is 0.264 e. The Bertz CT molecular complexity index is 1320. The van der Waals surface area contributed by atoms with Crippen molar-refractivity contribution in [1.82, 2.24) is 20.0 Å². The first-order valence-corrected chi connectivity index (χ1v) is 14.7. The van der Waals surface area contributed by atoms with Crippen LogP contribution in [-0.2, 0) is 11.3 Å². The molecule has 0 radical (unpaired) electrons. The van der Waals surface area contributed by atoms with Gasteiger partial charge in [-0.3, -0.25) is 14.4 Å². The number of benzene rings is 2. The third-order valence-corrected chi connectivity index (χ3v) is 8.55. The first-order valence-electron chi connectivity index (χ1n) is 13.8. The molecule has 0 aliphatic carbocycles. The van der Waals surface area contributed by atoms with Crippen LogP contribution in [0.5, 0.6) is 5.75 Å². The third-order valence-electron chi connectivity index (χ3n) is 7.70. The van der Waals surface area contributed by atoms with Crippen molar-refractivity contribution in [3.05, 3.63) is 87.6 Å². The van der Waals surface area contributed by atoms with Gasteiger partial charge in [-0.25, -0.2) is 0 Å². The van der Waals surface area contributed by atoms with Crippen molar-refractivity contribution in [3.63, 3.8) is 0 Å². The van der Waals surface area contributed by atoms with Crippen LogP contribution in [0.15, 0.2) is 66.0 Å². The molecule has 40 heavy (non-hydrogen) atoms. The lowest BCUT2D eigenvalue weighted by molar-refractivity contribution is -0.135. The zero-order chi connectivity index (χ0) is 28.1. The summed E-state index contributed by atoms with van der Waals surface area (Å²) in [6.45, 7) is 5.47. The van der Waals surface area contributed by atoms with Crippen LogP contribution in [-0.4, -0.2) is 84.3 Å². The summed E-state index contributed by atoms with van der Waals surface area (Å²) >= 11 is 1.40. The van der Waals surface area contributed by atoms with Gasteiger partial charge in [-0.05, 0) is 67.6 Å². The van der Waals surface area contributed by atoms with Gasteiger partial charge >= 0.3 is 0 Å². The van der Waals surface area contributed by atoms with Gasteiger partial charge in [0.2, 0.25) is 5.91 Å². The predicted octanol–water partition coefficient (Wildman–Crippen LogP) is 3.81. The molecule has 3 heterocycles. The number of rotatable bonds is 7. The van der Waals surface area contributed by atoms with Gasteiger partial charge in [0.25, 0.3) is 11.8 Å². The molecule has 2 saturated heterocycles. The molecule has 2 aliphatic heterocycles. The summed E-state index contributed by atoms with van der Waals surface area (Å²) in [5.41, 5.74) is 2.53. The van der Waals surface area contributed by atoms with E-state index in [1.54, 1.807) is 12.0 Å². The highest BCUT2D eigenvalue weighted by molar-refractivity contribution is 7.12. The van der Waals surface area contributed by atoms with E-state index in [0.29, 0.717) is 42.2 Å². The van der Waals surface area contributed by atoms with E-state index in [1.807, 2.05) is 82.8 Å². The van der Waals surface area contributed by atoms with Crippen molar-refractivity contribution in [2.24, 2.45) is 0 Å². The number of amides is 3. The molecule has 3 amide bonds. The quantitative estimate of drug-likeness (QED) is 0.475. The Morgan fingerprint density at radius 1 is 1.05 bits per heavy atom. The molecule has 210 valence electrons. The molecule has 0 bridgehead atoms. The van der Waals surface area contributed by atoms with Crippen LogP contribution >= 0.6 is 11.3 Å². The number of hydrogen-bond donors (Lipinski definition) is 1. The van der Waals surface area contributed by atoms with Crippen LogP contribution in [0.2, 0.25) is 0 Å². The molecule has 8 nitrogen and oxygen atoms in total. The molecule has 2 aliphatic rings. The van der Waals surface area contributed by atoms with Crippen molar-refractivity contribution >= 4 is 29.1 Å².